The van der Waals surface area contributed by atoms with Gasteiger partial charge < -0.3 is 5.32 Å². The number of nitrogens with one attached hydrogen (secondary N) is 2. The monoisotopic (exact) mass is 270 g/mol. The van der Waals surface area contributed by atoms with Crippen molar-refractivity contribution >= 4 is 0 Å². The highest BCUT2D eigenvalue weighted by molar-refractivity contribution is 5.61. The van der Waals surface area contributed by atoms with E-state index >= 15 is 0 Å². The van der Waals surface area contributed by atoms with E-state index in [1.165, 1.54) is 31.2 Å². The van der Waals surface area contributed by atoms with E-state index in [1.807, 2.05) is 18.5 Å². The van der Waals surface area contributed by atoms with Gasteiger partial charge in [0, 0.05) is 36.6 Å². The second kappa shape index (κ2) is 5.75. The van der Waals surface area contributed by atoms with Gasteiger partial charge in [0.1, 0.15) is 0 Å². The van der Waals surface area contributed by atoms with Crippen molar-refractivity contribution in [1.29, 1.82) is 0 Å². The Balaban J connectivity index is 1.63. The highest BCUT2D eigenvalue weighted by atomic mass is 15.1. The zero-order valence-electron chi connectivity index (χ0n) is 12.0. The molecular formula is C16H22N4. The number of aromatic nitrogens is 3. The first kappa shape index (κ1) is 13.3. The number of H-pyrrole nitrogens is 1. The lowest BCUT2D eigenvalue weighted by atomic mass is 9.67. The minimum Gasteiger partial charge on any atom is -0.312 e. The van der Waals surface area contributed by atoms with Crippen LogP contribution in [0.1, 0.15) is 38.2 Å². The fourth-order valence-electron chi connectivity index (χ4n) is 3.00. The van der Waals surface area contributed by atoms with Gasteiger partial charge in [-0.1, -0.05) is 13.3 Å². The van der Waals surface area contributed by atoms with Gasteiger partial charge in [-0.25, -0.2) is 0 Å². The molecule has 4 nitrogen and oxygen atoms in total. The molecule has 1 fully saturated rings. The maximum atomic E-state index is 4.18. The van der Waals surface area contributed by atoms with Crippen LogP contribution in [-0.4, -0.2) is 21.7 Å². The van der Waals surface area contributed by atoms with Crippen molar-refractivity contribution in [3.63, 3.8) is 0 Å². The third-order valence-electron chi connectivity index (χ3n) is 4.65. The number of rotatable bonds is 6. The van der Waals surface area contributed by atoms with Gasteiger partial charge in [0.15, 0.2) is 0 Å². The summed E-state index contributed by atoms with van der Waals surface area (Å²) < 4.78 is 0. The van der Waals surface area contributed by atoms with E-state index < -0.39 is 0 Å². The van der Waals surface area contributed by atoms with E-state index in [-0.39, 0.29) is 0 Å². The summed E-state index contributed by atoms with van der Waals surface area (Å²) in [7, 11) is 0. The number of aromatic amines is 1. The van der Waals surface area contributed by atoms with E-state index in [4.69, 9.17) is 0 Å². The van der Waals surface area contributed by atoms with Gasteiger partial charge in [-0.2, -0.15) is 5.10 Å². The summed E-state index contributed by atoms with van der Waals surface area (Å²) in [6, 6.07) is 4.01. The first-order valence-corrected chi connectivity index (χ1v) is 7.46. The summed E-state index contributed by atoms with van der Waals surface area (Å²) in [5, 5.41) is 10.9. The van der Waals surface area contributed by atoms with Crippen LogP contribution in [0.3, 0.4) is 0 Å². The van der Waals surface area contributed by atoms with Crippen LogP contribution >= 0.6 is 0 Å². The maximum Gasteiger partial charge on any atom is 0.0710 e. The van der Waals surface area contributed by atoms with Gasteiger partial charge in [-0.3, -0.25) is 10.1 Å². The molecule has 3 rings (SSSR count). The van der Waals surface area contributed by atoms with Crippen LogP contribution in [0.15, 0.2) is 30.7 Å². The maximum absolute atomic E-state index is 4.18. The van der Waals surface area contributed by atoms with E-state index in [2.05, 4.69) is 33.5 Å². The number of hydrogen-bond donors (Lipinski definition) is 2. The topological polar surface area (TPSA) is 53.6 Å². The smallest absolute Gasteiger partial charge is 0.0710 e. The third-order valence-corrected chi connectivity index (χ3v) is 4.65. The average molecular weight is 270 g/mol. The summed E-state index contributed by atoms with van der Waals surface area (Å²) in [4.78, 5) is 4.17. The summed E-state index contributed by atoms with van der Waals surface area (Å²) in [6.07, 6.45) is 11.0. The predicted molar refractivity (Wildman–Crippen MR) is 80.1 cm³/mol. The van der Waals surface area contributed by atoms with Crippen molar-refractivity contribution in [3.05, 3.63) is 36.3 Å². The molecule has 0 aliphatic heterocycles. The van der Waals surface area contributed by atoms with Crippen LogP contribution in [0.4, 0.5) is 0 Å². The van der Waals surface area contributed by atoms with Crippen molar-refractivity contribution < 1.29 is 0 Å². The fraction of sp³-hybridized carbons (Fsp3) is 0.500. The summed E-state index contributed by atoms with van der Waals surface area (Å²) in [5.74, 6) is 0. The molecule has 0 spiro atoms. The number of hydrogen-bond acceptors (Lipinski definition) is 3. The summed E-state index contributed by atoms with van der Waals surface area (Å²) in [6.45, 7) is 4.28. The van der Waals surface area contributed by atoms with Gasteiger partial charge in [-0.15, -0.1) is 0 Å². The van der Waals surface area contributed by atoms with Gasteiger partial charge >= 0.3 is 0 Å². The van der Waals surface area contributed by atoms with Crippen molar-refractivity contribution in [2.24, 2.45) is 5.41 Å². The molecule has 0 atom stereocenters. The first-order valence-electron chi connectivity index (χ1n) is 7.46. The molecule has 1 aliphatic carbocycles. The van der Waals surface area contributed by atoms with Crippen LogP contribution < -0.4 is 5.32 Å². The molecule has 0 saturated heterocycles. The Labute approximate surface area is 120 Å². The van der Waals surface area contributed by atoms with Gasteiger partial charge in [0.05, 0.1) is 11.9 Å². The van der Waals surface area contributed by atoms with Gasteiger partial charge in [0.2, 0.25) is 0 Å². The minimum absolute atomic E-state index is 0.554. The van der Waals surface area contributed by atoms with E-state index in [0.29, 0.717) is 5.41 Å². The minimum atomic E-state index is 0.554. The Kier molecular flexibility index (Phi) is 3.83. The van der Waals surface area contributed by atoms with Crippen LogP contribution in [-0.2, 0) is 6.54 Å². The standard InChI is InChI=1S/C16H22N4/c1-2-16(6-4-7-16)12-18-10-14-11-19-20-15(14)13-5-3-8-17-9-13/h3,5,8-9,11,18H,2,4,6-7,10,12H2,1H3,(H,19,20). The molecule has 2 heterocycles. The molecule has 0 amide bonds. The number of pyridine rings is 1. The van der Waals surface area contributed by atoms with E-state index in [9.17, 15) is 0 Å². The average Bonchev–Trinajstić information content (AvgIpc) is 2.91. The molecule has 4 heteroatoms. The number of nitrogens with zero attached hydrogens (tertiary/aromatic N) is 2. The zero-order chi connectivity index (χ0) is 13.8. The highest BCUT2D eigenvalue weighted by Crippen LogP contribution is 2.43. The molecule has 0 bridgehead atoms. The zero-order valence-corrected chi connectivity index (χ0v) is 12.0. The lowest BCUT2D eigenvalue weighted by Crippen LogP contribution is -2.39. The molecule has 0 unspecified atom stereocenters. The Morgan fingerprint density at radius 2 is 2.25 bits per heavy atom. The Hall–Kier alpha value is -1.68. The molecule has 0 aromatic carbocycles. The lowest BCUT2D eigenvalue weighted by Gasteiger charge is -2.41. The largest absolute Gasteiger partial charge is 0.312 e. The quantitative estimate of drug-likeness (QED) is 0.848. The van der Waals surface area contributed by atoms with Gasteiger partial charge in [0.25, 0.3) is 0 Å². The molecule has 20 heavy (non-hydrogen) atoms. The molecule has 2 N–H and O–H groups in total. The van der Waals surface area contributed by atoms with Crippen LogP contribution in [0, 0.1) is 5.41 Å². The van der Waals surface area contributed by atoms with Crippen molar-refractivity contribution in [2.45, 2.75) is 39.2 Å². The normalized spacial score (nSPS) is 16.9. The Morgan fingerprint density at radius 3 is 2.90 bits per heavy atom. The molecular weight excluding hydrogens is 248 g/mol. The lowest BCUT2D eigenvalue weighted by molar-refractivity contribution is 0.124. The molecule has 1 aliphatic rings. The van der Waals surface area contributed by atoms with E-state index in [0.717, 1.165) is 24.3 Å². The van der Waals surface area contributed by atoms with Crippen molar-refractivity contribution in [1.82, 2.24) is 20.5 Å². The predicted octanol–water partition coefficient (Wildman–Crippen LogP) is 3.14. The van der Waals surface area contributed by atoms with Crippen LogP contribution in [0.5, 0.6) is 0 Å². The Bertz CT molecular complexity index is 537. The first-order chi connectivity index (χ1) is 9.83. The van der Waals surface area contributed by atoms with Crippen LogP contribution in [0.2, 0.25) is 0 Å². The van der Waals surface area contributed by atoms with Crippen LogP contribution in [0.25, 0.3) is 11.3 Å². The molecule has 2 aromatic rings. The molecule has 106 valence electrons. The fourth-order valence-corrected chi connectivity index (χ4v) is 3.00. The second-order valence-electron chi connectivity index (χ2n) is 5.82. The highest BCUT2D eigenvalue weighted by Gasteiger charge is 2.34. The van der Waals surface area contributed by atoms with E-state index in [1.54, 1.807) is 6.20 Å². The molecule has 0 radical (unpaired) electrons. The molecule has 2 aromatic heterocycles. The van der Waals surface area contributed by atoms with Crippen molar-refractivity contribution in [3.8, 4) is 11.3 Å². The third kappa shape index (κ3) is 2.61. The van der Waals surface area contributed by atoms with Crippen molar-refractivity contribution in [2.75, 3.05) is 6.54 Å². The summed E-state index contributed by atoms with van der Waals surface area (Å²) >= 11 is 0. The Morgan fingerprint density at radius 1 is 1.35 bits per heavy atom. The molecule has 1 saturated carbocycles. The SMILES string of the molecule is CCC1(CNCc2cn[nH]c2-c2cccnc2)CCC1. The second-order valence-corrected chi connectivity index (χ2v) is 5.82. The van der Waals surface area contributed by atoms with Gasteiger partial charge in [-0.05, 0) is 36.8 Å². The summed E-state index contributed by atoms with van der Waals surface area (Å²) in [5.41, 5.74) is 3.93.